The van der Waals surface area contributed by atoms with Crippen molar-refractivity contribution in [3.8, 4) is 0 Å². The molecule has 1 aliphatic carbocycles. The van der Waals surface area contributed by atoms with Crippen LogP contribution in [0, 0.1) is 11.3 Å². The van der Waals surface area contributed by atoms with Gasteiger partial charge in [0.15, 0.2) is 0 Å². The van der Waals surface area contributed by atoms with Crippen molar-refractivity contribution >= 4 is 0 Å². The molecule has 2 nitrogen and oxygen atoms in total. The van der Waals surface area contributed by atoms with Crippen LogP contribution in [0.3, 0.4) is 0 Å². The van der Waals surface area contributed by atoms with Crippen molar-refractivity contribution < 1.29 is 0 Å². The maximum atomic E-state index is 5.83. The Morgan fingerprint density at radius 3 is 2.20 bits per heavy atom. The number of nitrogens with two attached hydrogens (primary N) is 1. The molecular formula is C13H28N2. The molecule has 0 saturated heterocycles. The Bertz CT molecular complexity index is 181. The van der Waals surface area contributed by atoms with E-state index in [0.29, 0.717) is 0 Å². The van der Waals surface area contributed by atoms with Crippen LogP contribution < -0.4 is 5.73 Å². The molecule has 1 fully saturated rings. The maximum absolute atomic E-state index is 5.83. The summed E-state index contributed by atoms with van der Waals surface area (Å²) in [5, 5.41) is 0. The molecular weight excluding hydrogens is 184 g/mol. The van der Waals surface area contributed by atoms with Gasteiger partial charge in [-0.3, -0.25) is 0 Å². The van der Waals surface area contributed by atoms with Gasteiger partial charge in [-0.15, -0.1) is 0 Å². The van der Waals surface area contributed by atoms with E-state index in [9.17, 15) is 0 Å². The molecule has 0 aromatic carbocycles. The first kappa shape index (κ1) is 13.0. The van der Waals surface area contributed by atoms with Crippen LogP contribution in [0.4, 0.5) is 0 Å². The van der Waals surface area contributed by atoms with Crippen LogP contribution in [-0.2, 0) is 0 Å². The molecule has 1 rings (SSSR count). The second kappa shape index (κ2) is 5.31. The van der Waals surface area contributed by atoms with Crippen LogP contribution >= 0.6 is 0 Å². The average molecular weight is 212 g/mol. The van der Waals surface area contributed by atoms with Gasteiger partial charge in [0.2, 0.25) is 0 Å². The minimum atomic E-state index is 0.289. The van der Waals surface area contributed by atoms with E-state index in [1.807, 2.05) is 0 Å². The SMILES string of the molecule is CN(C)C(CC(C)(C)CN)C1CCCC1. The highest BCUT2D eigenvalue weighted by Gasteiger charge is 2.31. The second-order valence-corrected chi connectivity index (χ2v) is 6.15. The monoisotopic (exact) mass is 212 g/mol. The fraction of sp³-hybridized carbons (Fsp3) is 1.00. The number of hydrogen-bond acceptors (Lipinski definition) is 2. The van der Waals surface area contributed by atoms with E-state index >= 15 is 0 Å². The first-order valence-electron chi connectivity index (χ1n) is 6.33. The van der Waals surface area contributed by atoms with Crippen molar-refractivity contribution in [2.45, 2.75) is 52.0 Å². The summed E-state index contributed by atoms with van der Waals surface area (Å²) in [5.74, 6) is 0.908. The molecule has 1 aliphatic rings. The maximum Gasteiger partial charge on any atom is 0.0123 e. The third-order valence-corrected chi connectivity index (χ3v) is 3.92. The van der Waals surface area contributed by atoms with E-state index in [1.165, 1.54) is 32.1 Å². The Morgan fingerprint density at radius 1 is 1.27 bits per heavy atom. The van der Waals surface area contributed by atoms with Gasteiger partial charge >= 0.3 is 0 Å². The molecule has 0 radical (unpaired) electrons. The summed E-state index contributed by atoms with van der Waals surface area (Å²) in [6.07, 6.45) is 6.93. The molecule has 0 spiro atoms. The first-order chi connectivity index (χ1) is 6.96. The Morgan fingerprint density at radius 2 is 1.80 bits per heavy atom. The van der Waals surface area contributed by atoms with Gasteiger partial charge in [0, 0.05) is 6.04 Å². The predicted molar refractivity (Wildman–Crippen MR) is 66.9 cm³/mol. The highest BCUT2D eigenvalue weighted by Crippen LogP contribution is 2.35. The third-order valence-electron chi connectivity index (χ3n) is 3.92. The van der Waals surface area contributed by atoms with E-state index in [4.69, 9.17) is 5.73 Å². The fourth-order valence-electron chi connectivity index (χ4n) is 2.76. The van der Waals surface area contributed by atoms with E-state index < -0.39 is 0 Å². The minimum absolute atomic E-state index is 0.289. The van der Waals surface area contributed by atoms with Gasteiger partial charge in [-0.05, 0) is 51.2 Å². The van der Waals surface area contributed by atoms with Crippen LogP contribution in [-0.4, -0.2) is 31.6 Å². The van der Waals surface area contributed by atoms with Crippen molar-refractivity contribution in [2.24, 2.45) is 17.1 Å². The normalized spacial score (nSPS) is 21.2. The van der Waals surface area contributed by atoms with Gasteiger partial charge < -0.3 is 10.6 Å². The zero-order valence-electron chi connectivity index (χ0n) is 10.9. The van der Waals surface area contributed by atoms with Gasteiger partial charge in [0.05, 0.1) is 0 Å². The Labute approximate surface area is 95.2 Å². The lowest BCUT2D eigenvalue weighted by molar-refractivity contribution is 0.145. The largest absolute Gasteiger partial charge is 0.330 e. The summed E-state index contributed by atoms with van der Waals surface area (Å²) < 4.78 is 0. The van der Waals surface area contributed by atoms with Gasteiger partial charge in [-0.25, -0.2) is 0 Å². The predicted octanol–water partition coefficient (Wildman–Crippen LogP) is 2.48. The van der Waals surface area contributed by atoms with Crippen molar-refractivity contribution in [3.05, 3.63) is 0 Å². The van der Waals surface area contributed by atoms with Crippen molar-refractivity contribution in [1.29, 1.82) is 0 Å². The topological polar surface area (TPSA) is 29.3 Å². The van der Waals surface area contributed by atoms with E-state index in [-0.39, 0.29) is 5.41 Å². The first-order valence-corrected chi connectivity index (χ1v) is 6.33. The third kappa shape index (κ3) is 3.76. The van der Waals surface area contributed by atoms with Crippen LogP contribution in [0.25, 0.3) is 0 Å². The van der Waals surface area contributed by atoms with Gasteiger partial charge in [-0.2, -0.15) is 0 Å². The van der Waals surface area contributed by atoms with Crippen LogP contribution in [0.1, 0.15) is 46.0 Å². The van der Waals surface area contributed by atoms with Gasteiger partial charge in [0.1, 0.15) is 0 Å². The van der Waals surface area contributed by atoms with Crippen molar-refractivity contribution in [1.82, 2.24) is 4.90 Å². The zero-order chi connectivity index (χ0) is 11.5. The summed E-state index contributed by atoms with van der Waals surface area (Å²) >= 11 is 0. The Balaban J connectivity index is 2.57. The van der Waals surface area contributed by atoms with Crippen molar-refractivity contribution in [3.63, 3.8) is 0 Å². The van der Waals surface area contributed by atoms with Crippen molar-refractivity contribution in [2.75, 3.05) is 20.6 Å². The van der Waals surface area contributed by atoms with Gasteiger partial charge in [-0.1, -0.05) is 26.7 Å². The summed E-state index contributed by atoms with van der Waals surface area (Å²) in [4.78, 5) is 2.41. The highest BCUT2D eigenvalue weighted by molar-refractivity contribution is 4.85. The smallest absolute Gasteiger partial charge is 0.0123 e. The molecule has 0 aromatic heterocycles. The van der Waals surface area contributed by atoms with Crippen LogP contribution in [0.2, 0.25) is 0 Å². The standard InChI is InChI=1S/C13H28N2/c1-13(2,10-14)9-12(15(3)4)11-7-5-6-8-11/h11-12H,5-10,14H2,1-4H3. The summed E-state index contributed by atoms with van der Waals surface area (Å²) in [7, 11) is 4.44. The Kier molecular flexibility index (Phi) is 4.60. The van der Waals surface area contributed by atoms with E-state index in [1.54, 1.807) is 0 Å². The second-order valence-electron chi connectivity index (χ2n) is 6.15. The molecule has 0 aromatic rings. The fourth-order valence-corrected chi connectivity index (χ4v) is 2.76. The van der Waals surface area contributed by atoms with E-state index in [2.05, 4.69) is 32.8 Å². The number of nitrogens with zero attached hydrogens (tertiary/aromatic N) is 1. The molecule has 15 heavy (non-hydrogen) atoms. The summed E-state index contributed by atoms with van der Waals surface area (Å²) in [6, 6.07) is 0.728. The van der Waals surface area contributed by atoms with Crippen LogP contribution in [0.15, 0.2) is 0 Å². The quantitative estimate of drug-likeness (QED) is 0.758. The molecule has 0 amide bonds. The molecule has 2 heteroatoms. The number of rotatable bonds is 5. The lowest BCUT2D eigenvalue weighted by atomic mass is 9.80. The minimum Gasteiger partial charge on any atom is -0.330 e. The molecule has 1 unspecified atom stereocenters. The summed E-state index contributed by atoms with van der Waals surface area (Å²) in [6.45, 7) is 5.38. The molecule has 0 bridgehead atoms. The summed E-state index contributed by atoms with van der Waals surface area (Å²) in [5.41, 5.74) is 6.12. The highest BCUT2D eigenvalue weighted by atomic mass is 15.1. The molecule has 2 N–H and O–H groups in total. The molecule has 0 aliphatic heterocycles. The Hall–Kier alpha value is -0.0800. The molecule has 0 heterocycles. The zero-order valence-corrected chi connectivity index (χ0v) is 10.9. The van der Waals surface area contributed by atoms with E-state index in [0.717, 1.165) is 18.5 Å². The lowest BCUT2D eigenvalue weighted by Gasteiger charge is -2.36. The molecule has 1 atom stereocenters. The lowest BCUT2D eigenvalue weighted by Crippen LogP contribution is -2.40. The molecule has 90 valence electrons. The number of hydrogen-bond donors (Lipinski definition) is 1. The average Bonchev–Trinajstić information content (AvgIpc) is 2.66. The molecule has 1 saturated carbocycles. The van der Waals surface area contributed by atoms with Gasteiger partial charge in [0.25, 0.3) is 0 Å². The van der Waals surface area contributed by atoms with Crippen LogP contribution in [0.5, 0.6) is 0 Å².